The van der Waals surface area contributed by atoms with E-state index in [1.165, 1.54) is 0 Å². The lowest BCUT2D eigenvalue weighted by molar-refractivity contribution is -0.142. The Morgan fingerprint density at radius 2 is 2.29 bits per heavy atom. The molecule has 0 aromatic heterocycles. The molecular weight excluding hydrogens is 218 g/mol. The molecule has 17 heavy (non-hydrogen) atoms. The molecule has 4 nitrogen and oxygen atoms in total. The second-order valence-electron chi connectivity index (χ2n) is 5.34. The molecule has 1 aliphatic carbocycles. The highest BCUT2D eigenvalue weighted by atomic mass is 16.4. The highest BCUT2D eigenvalue weighted by molar-refractivity contribution is 5.73. The molecule has 1 heterocycles. The van der Waals surface area contributed by atoms with Gasteiger partial charge in [0.2, 0.25) is 0 Å². The zero-order chi connectivity index (χ0) is 12.3. The fourth-order valence-electron chi connectivity index (χ4n) is 3.01. The standard InChI is InChI=1S/C13H21NO3/c15-10-13(6-2-1-3-7-13)9-14-8-4-5-11(14)12(16)17/h1-2,11,15H,3-10H2,(H,16,17). The van der Waals surface area contributed by atoms with Crippen LogP contribution in [0.1, 0.15) is 32.1 Å². The van der Waals surface area contributed by atoms with Gasteiger partial charge in [0.1, 0.15) is 6.04 Å². The summed E-state index contributed by atoms with van der Waals surface area (Å²) in [4.78, 5) is 13.2. The predicted molar refractivity (Wildman–Crippen MR) is 64.7 cm³/mol. The van der Waals surface area contributed by atoms with Crippen molar-refractivity contribution >= 4 is 5.97 Å². The van der Waals surface area contributed by atoms with E-state index in [-0.39, 0.29) is 18.1 Å². The lowest BCUT2D eigenvalue weighted by atomic mass is 9.77. The summed E-state index contributed by atoms with van der Waals surface area (Å²) in [6, 6.07) is -0.343. The largest absolute Gasteiger partial charge is 0.480 e. The van der Waals surface area contributed by atoms with Crippen LogP contribution in [0.2, 0.25) is 0 Å². The van der Waals surface area contributed by atoms with Crippen molar-refractivity contribution in [2.45, 2.75) is 38.1 Å². The first-order chi connectivity index (χ1) is 8.17. The van der Waals surface area contributed by atoms with E-state index < -0.39 is 5.97 Å². The van der Waals surface area contributed by atoms with Crippen LogP contribution < -0.4 is 0 Å². The fraction of sp³-hybridized carbons (Fsp3) is 0.769. The van der Waals surface area contributed by atoms with E-state index in [1.54, 1.807) is 0 Å². The SMILES string of the molecule is O=C(O)C1CCCN1CC1(CO)CC=CCC1. The van der Waals surface area contributed by atoms with Crippen molar-refractivity contribution in [3.63, 3.8) is 0 Å². The van der Waals surface area contributed by atoms with Gasteiger partial charge in [0, 0.05) is 12.0 Å². The van der Waals surface area contributed by atoms with Crippen molar-refractivity contribution in [3.8, 4) is 0 Å². The first-order valence-corrected chi connectivity index (χ1v) is 6.40. The van der Waals surface area contributed by atoms with Crippen LogP contribution in [0.25, 0.3) is 0 Å². The number of likely N-dealkylation sites (tertiary alicyclic amines) is 1. The Labute approximate surface area is 102 Å². The maximum Gasteiger partial charge on any atom is 0.320 e. The molecule has 2 rings (SSSR count). The van der Waals surface area contributed by atoms with Gasteiger partial charge in [-0.05, 0) is 38.6 Å². The van der Waals surface area contributed by atoms with Crippen molar-refractivity contribution in [1.29, 1.82) is 0 Å². The van der Waals surface area contributed by atoms with Gasteiger partial charge in [-0.2, -0.15) is 0 Å². The topological polar surface area (TPSA) is 60.8 Å². The zero-order valence-corrected chi connectivity index (χ0v) is 10.1. The van der Waals surface area contributed by atoms with Gasteiger partial charge in [-0.3, -0.25) is 9.69 Å². The molecule has 0 aromatic rings. The summed E-state index contributed by atoms with van der Waals surface area (Å²) >= 11 is 0. The molecule has 1 fully saturated rings. The number of allylic oxidation sites excluding steroid dienone is 2. The van der Waals surface area contributed by atoms with Gasteiger partial charge in [0.25, 0.3) is 0 Å². The summed E-state index contributed by atoms with van der Waals surface area (Å²) in [5, 5.41) is 18.8. The Kier molecular flexibility index (Phi) is 3.84. The molecule has 2 unspecified atom stereocenters. The summed E-state index contributed by atoms with van der Waals surface area (Å²) in [5.74, 6) is -0.720. The number of rotatable bonds is 4. The number of carboxylic acid groups (broad SMARTS) is 1. The minimum Gasteiger partial charge on any atom is -0.480 e. The second kappa shape index (κ2) is 5.19. The molecule has 96 valence electrons. The van der Waals surface area contributed by atoms with Crippen LogP contribution in [-0.4, -0.2) is 46.8 Å². The Bertz CT molecular complexity index is 316. The summed E-state index contributed by atoms with van der Waals surface area (Å²) < 4.78 is 0. The summed E-state index contributed by atoms with van der Waals surface area (Å²) in [5.41, 5.74) is -0.118. The number of carboxylic acids is 1. The number of nitrogens with zero attached hydrogens (tertiary/aromatic N) is 1. The zero-order valence-electron chi connectivity index (χ0n) is 10.1. The fourth-order valence-corrected chi connectivity index (χ4v) is 3.01. The van der Waals surface area contributed by atoms with Crippen molar-refractivity contribution in [1.82, 2.24) is 4.90 Å². The van der Waals surface area contributed by atoms with Crippen LogP contribution in [0.4, 0.5) is 0 Å². The van der Waals surface area contributed by atoms with Crippen LogP contribution in [-0.2, 0) is 4.79 Å². The average Bonchev–Trinajstić information content (AvgIpc) is 2.78. The molecule has 0 bridgehead atoms. The van der Waals surface area contributed by atoms with Gasteiger partial charge < -0.3 is 10.2 Å². The van der Waals surface area contributed by atoms with Crippen molar-refractivity contribution in [3.05, 3.63) is 12.2 Å². The van der Waals surface area contributed by atoms with Gasteiger partial charge in [-0.15, -0.1) is 0 Å². The average molecular weight is 239 g/mol. The summed E-state index contributed by atoms with van der Waals surface area (Å²) in [7, 11) is 0. The van der Waals surface area contributed by atoms with E-state index in [4.69, 9.17) is 5.11 Å². The molecule has 0 aromatic carbocycles. The van der Waals surface area contributed by atoms with Gasteiger partial charge in [-0.25, -0.2) is 0 Å². The van der Waals surface area contributed by atoms with E-state index in [0.29, 0.717) is 6.54 Å². The molecule has 0 saturated carbocycles. The van der Waals surface area contributed by atoms with Crippen LogP contribution in [0, 0.1) is 5.41 Å². The number of aliphatic hydroxyl groups excluding tert-OH is 1. The molecule has 0 amide bonds. The number of hydrogen-bond donors (Lipinski definition) is 2. The van der Waals surface area contributed by atoms with Gasteiger partial charge in [0.15, 0.2) is 0 Å². The third-order valence-electron chi connectivity index (χ3n) is 4.08. The molecule has 1 saturated heterocycles. The second-order valence-corrected chi connectivity index (χ2v) is 5.34. The van der Waals surface area contributed by atoms with Crippen LogP contribution >= 0.6 is 0 Å². The van der Waals surface area contributed by atoms with Gasteiger partial charge in [0.05, 0.1) is 6.61 Å². The molecule has 0 radical (unpaired) electrons. The third-order valence-corrected chi connectivity index (χ3v) is 4.08. The van der Waals surface area contributed by atoms with Crippen molar-refractivity contribution in [2.75, 3.05) is 19.7 Å². The number of aliphatic carboxylic acids is 1. The molecule has 1 aliphatic heterocycles. The highest BCUT2D eigenvalue weighted by Crippen LogP contribution is 2.35. The maximum absolute atomic E-state index is 11.1. The Morgan fingerprint density at radius 3 is 2.88 bits per heavy atom. The number of hydrogen-bond acceptors (Lipinski definition) is 3. The molecule has 2 N–H and O–H groups in total. The molecule has 2 atom stereocenters. The summed E-state index contributed by atoms with van der Waals surface area (Å²) in [6.07, 6.45) is 8.78. The molecular formula is C13H21NO3. The quantitative estimate of drug-likeness (QED) is 0.725. The molecule has 0 spiro atoms. The lowest BCUT2D eigenvalue weighted by Crippen LogP contribution is -2.45. The normalized spacial score (nSPS) is 34.1. The Hall–Kier alpha value is -0.870. The lowest BCUT2D eigenvalue weighted by Gasteiger charge is -2.38. The molecule has 2 aliphatic rings. The van der Waals surface area contributed by atoms with Gasteiger partial charge in [-0.1, -0.05) is 12.2 Å². The van der Waals surface area contributed by atoms with E-state index in [9.17, 15) is 9.90 Å². The number of aliphatic hydroxyl groups is 1. The van der Waals surface area contributed by atoms with E-state index in [2.05, 4.69) is 12.2 Å². The highest BCUT2D eigenvalue weighted by Gasteiger charge is 2.38. The van der Waals surface area contributed by atoms with Crippen LogP contribution in [0.15, 0.2) is 12.2 Å². The van der Waals surface area contributed by atoms with Crippen molar-refractivity contribution in [2.24, 2.45) is 5.41 Å². The van der Waals surface area contributed by atoms with E-state index in [0.717, 1.165) is 38.6 Å². The smallest absolute Gasteiger partial charge is 0.320 e. The van der Waals surface area contributed by atoms with E-state index >= 15 is 0 Å². The van der Waals surface area contributed by atoms with Crippen molar-refractivity contribution < 1.29 is 15.0 Å². The predicted octanol–water partition coefficient (Wildman–Crippen LogP) is 1.25. The Balaban J connectivity index is 2.03. The first-order valence-electron chi connectivity index (χ1n) is 6.40. The number of carbonyl (C=O) groups is 1. The van der Waals surface area contributed by atoms with Crippen LogP contribution in [0.3, 0.4) is 0 Å². The maximum atomic E-state index is 11.1. The van der Waals surface area contributed by atoms with Gasteiger partial charge >= 0.3 is 5.97 Å². The van der Waals surface area contributed by atoms with Crippen LogP contribution in [0.5, 0.6) is 0 Å². The molecule has 4 heteroatoms. The monoisotopic (exact) mass is 239 g/mol. The Morgan fingerprint density at radius 1 is 1.47 bits per heavy atom. The van der Waals surface area contributed by atoms with E-state index in [1.807, 2.05) is 4.90 Å². The third kappa shape index (κ3) is 2.69. The summed E-state index contributed by atoms with van der Waals surface area (Å²) in [6.45, 7) is 1.72. The first kappa shape index (κ1) is 12.6. The minimum atomic E-state index is -0.720. The minimum absolute atomic E-state index is 0.118.